The lowest BCUT2D eigenvalue weighted by Gasteiger charge is -2.05. The summed E-state index contributed by atoms with van der Waals surface area (Å²) in [4.78, 5) is 10.4. The summed E-state index contributed by atoms with van der Waals surface area (Å²) in [5.41, 5.74) is 0.501. The minimum Gasteiger partial charge on any atom is -0.507 e. The van der Waals surface area contributed by atoms with Crippen molar-refractivity contribution in [2.45, 2.75) is 51.9 Å². The molecule has 0 aliphatic carbocycles. The second-order valence-corrected chi connectivity index (χ2v) is 4.55. The molecule has 148 valence electrons. The zero-order chi connectivity index (χ0) is 21.4. The van der Waals surface area contributed by atoms with E-state index in [0.717, 1.165) is 19.3 Å². The Morgan fingerprint density at radius 1 is 0.885 bits per heavy atom. The topological polar surface area (TPSA) is 63.4 Å². The zero-order valence-electron chi connectivity index (χ0n) is 16.5. The Morgan fingerprint density at radius 3 is 1.81 bits per heavy atom. The third kappa shape index (κ3) is 16.2. The summed E-state index contributed by atoms with van der Waals surface area (Å²) in [5, 5.41) is 20.5. The largest absolute Gasteiger partial charge is 0.507 e. The molecule has 26 heavy (non-hydrogen) atoms. The molecule has 0 spiro atoms. The molecule has 4 heteroatoms. The van der Waals surface area contributed by atoms with Crippen molar-refractivity contribution in [2.75, 3.05) is 0 Å². The lowest BCUT2D eigenvalue weighted by Crippen LogP contribution is -1.96. The SMILES string of the molecule is C=C.C=C.C=C.C=C.CCCCCCCCc1c(O)cccc1[N+](=O)[O-]. The fourth-order valence-corrected chi connectivity index (χ4v) is 2.07. The van der Waals surface area contributed by atoms with Gasteiger partial charge in [-0.3, -0.25) is 10.1 Å². The Hall–Kier alpha value is -2.62. The van der Waals surface area contributed by atoms with Crippen LogP contribution >= 0.6 is 0 Å². The van der Waals surface area contributed by atoms with Crippen molar-refractivity contribution in [3.63, 3.8) is 0 Å². The highest BCUT2D eigenvalue weighted by Crippen LogP contribution is 2.28. The lowest BCUT2D eigenvalue weighted by molar-refractivity contribution is -0.385. The quantitative estimate of drug-likeness (QED) is 0.226. The number of hydrogen-bond donors (Lipinski definition) is 1. The van der Waals surface area contributed by atoms with Gasteiger partial charge in [-0.2, -0.15) is 0 Å². The Kier molecular flexibility index (Phi) is 32.7. The van der Waals surface area contributed by atoms with Crippen molar-refractivity contribution in [1.29, 1.82) is 0 Å². The number of nitrogens with zero attached hydrogens (tertiary/aromatic N) is 1. The fraction of sp³-hybridized carbons (Fsp3) is 0.364. The number of unbranched alkanes of at least 4 members (excludes halogenated alkanes) is 5. The number of benzene rings is 1. The van der Waals surface area contributed by atoms with E-state index in [1.807, 2.05) is 0 Å². The Labute approximate surface area is 160 Å². The second kappa shape index (κ2) is 27.2. The van der Waals surface area contributed by atoms with Crippen LogP contribution in [-0.4, -0.2) is 10.0 Å². The standard InChI is InChI=1S/C14H21NO3.4C2H4/c1-2-3-4-5-6-7-9-12-13(15(17)18)10-8-11-14(12)16;4*1-2/h8,10-11,16H,2-7,9H2,1H3;4*1-2H2. The molecular formula is C22H37NO3. The first kappa shape index (κ1) is 31.2. The Morgan fingerprint density at radius 2 is 1.35 bits per heavy atom. The molecule has 0 atom stereocenters. The van der Waals surface area contributed by atoms with Gasteiger partial charge in [0, 0.05) is 6.07 Å². The van der Waals surface area contributed by atoms with Gasteiger partial charge >= 0.3 is 0 Å². The number of nitro groups is 1. The van der Waals surface area contributed by atoms with E-state index in [1.54, 1.807) is 0 Å². The molecule has 0 saturated heterocycles. The molecule has 1 aromatic carbocycles. The fourth-order valence-electron chi connectivity index (χ4n) is 2.07. The first-order valence-corrected chi connectivity index (χ1v) is 8.62. The minimum absolute atomic E-state index is 0.0311. The molecule has 0 amide bonds. The molecule has 0 radical (unpaired) electrons. The van der Waals surface area contributed by atoms with Gasteiger partial charge in [-0.15, -0.1) is 52.6 Å². The average molecular weight is 364 g/mol. The van der Waals surface area contributed by atoms with E-state index >= 15 is 0 Å². The molecule has 0 fully saturated rings. The van der Waals surface area contributed by atoms with Crippen molar-refractivity contribution in [2.24, 2.45) is 0 Å². The summed E-state index contributed by atoms with van der Waals surface area (Å²) in [7, 11) is 0. The normalized spacial score (nSPS) is 7.88. The van der Waals surface area contributed by atoms with Crippen LogP contribution in [0, 0.1) is 10.1 Å². The van der Waals surface area contributed by atoms with Gasteiger partial charge in [0.1, 0.15) is 5.75 Å². The third-order valence-corrected chi connectivity index (χ3v) is 3.10. The molecule has 0 saturated carbocycles. The van der Waals surface area contributed by atoms with Crippen molar-refractivity contribution in [3.05, 3.63) is 86.5 Å². The molecule has 1 rings (SSSR count). The molecule has 0 bridgehead atoms. The number of rotatable bonds is 8. The smallest absolute Gasteiger partial charge is 0.276 e. The molecule has 4 nitrogen and oxygen atoms in total. The van der Waals surface area contributed by atoms with E-state index in [9.17, 15) is 15.2 Å². The van der Waals surface area contributed by atoms with Gasteiger partial charge in [-0.05, 0) is 18.9 Å². The average Bonchev–Trinajstić information content (AvgIpc) is 2.71. The maximum absolute atomic E-state index is 10.8. The van der Waals surface area contributed by atoms with E-state index in [4.69, 9.17) is 0 Å². The molecular weight excluding hydrogens is 326 g/mol. The highest BCUT2D eigenvalue weighted by Gasteiger charge is 2.16. The molecule has 1 N–H and O–H groups in total. The van der Waals surface area contributed by atoms with E-state index < -0.39 is 4.92 Å². The third-order valence-electron chi connectivity index (χ3n) is 3.10. The molecule has 0 aromatic heterocycles. The van der Waals surface area contributed by atoms with Gasteiger partial charge in [0.25, 0.3) is 5.69 Å². The summed E-state index contributed by atoms with van der Waals surface area (Å²) in [6.07, 6.45) is 7.37. The number of nitro benzene ring substituents is 1. The number of phenolic OH excluding ortho intramolecular Hbond substituents is 1. The predicted molar refractivity (Wildman–Crippen MR) is 117 cm³/mol. The number of hydrogen-bond acceptors (Lipinski definition) is 3. The van der Waals surface area contributed by atoms with Crippen molar-refractivity contribution >= 4 is 5.69 Å². The van der Waals surface area contributed by atoms with Crippen molar-refractivity contribution in [1.82, 2.24) is 0 Å². The molecule has 1 aromatic rings. The van der Waals surface area contributed by atoms with Gasteiger partial charge in [0.2, 0.25) is 0 Å². The molecule has 0 aliphatic heterocycles. The highest BCUT2D eigenvalue weighted by atomic mass is 16.6. The van der Waals surface area contributed by atoms with E-state index in [-0.39, 0.29) is 11.4 Å². The van der Waals surface area contributed by atoms with Crippen LogP contribution in [0.5, 0.6) is 5.75 Å². The first-order chi connectivity index (χ1) is 12.7. The van der Waals surface area contributed by atoms with Crippen molar-refractivity contribution < 1.29 is 10.0 Å². The van der Waals surface area contributed by atoms with Crippen LogP contribution in [0.3, 0.4) is 0 Å². The maximum Gasteiger partial charge on any atom is 0.276 e. The summed E-state index contributed by atoms with van der Waals surface area (Å²) in [6.45, 7) is 26.2. The van der Waals surface area contributed by atoms with Gasteiger partial charge < -0.3 is 5.11 Å². The van der Waals surface area contributed by atoms with Gasteiger partial charge in [0.15, 0.2) is 0 Å². The van der Waals surface area contributed by atoms with Crippen LogP contribution in [0.1, 0.15) is 51.0 Å². The van der Waals surface area contributed by atoms with E-state index in [1.165, 1.54) is 37.5 Å². The van der Waals surface area contributed by atoms with Gasteiger partial charge in [-0.1, -0.05) is 45.1 Å². The zero-order valence-corrected chi connectivity index (χ0v) is 16.5. The summed E-state index contributed by atoms with van der Waals surface area (Å²) in [5.74, 6) is 0.0396. The van der Waals surface area contributed by atoms with Crippen LogP contribution < -0.4 is 0 Å². The van der Waals surface area contributed by atoms with Crippen LogP contribution in [0.2, 0.25) is 0 Å². The van der Waals surface area contributed by atoms with Gasteiger partial charge in [-0.25, -0.2) is 0 Å². The number of phenols is 1. The molecule has 0 aliphatic rings. The van der Waals surface area contributed by atoms with E-state index in [0.29, 0.717) is 12.0 Å². The van der Waals surface area contributed by atoms with Gasteiger partial charge in [0.05, 0.1) is 10.5 Å². The van der Waals surface area contributed by atoms with Crippen molar-refractivity contribution in [3.8, 4) is 5.75 Å². The van der Waals surface area contributed by atoms with Crippen LogP contribution in [-0.2, 0) is 6.42 Å². The monoisotopic (exact) mass is 363 g/mol. The van der Waals surface area contributed by atoms with E-state index in [2.05, 4.69) is 59.6 Å². The predicted octanol–water partition coefficient (Wildman–Crippen LogP) is 7.41. The summed E-state index contributed by atoms with van der Waals surface area (Å²) in [6, 6.07) is 4.48. The van der Waals surface area contributed by atoms with Crippen LogP contribution in [0.25, 0.3) is 0 Å². The molecule has 0 unspecified atom stereocenters. The number of aromatic hydroxyl groups is 1. The Bertz CT molecular complexity index is 439. The highest BCUT2D eigenvalue weighted by molar-refractivity contribution is 5.48. The molecule has 0 heterocycles. The maximum atomic E-state index is 10.8. The first-order valence-electron chi connectivity index (χ1n) is 8.62. The minimum atomic E-state index is -0.424. The van der Waals surface area contributed by atoms with Crippen LogP contribution in [0.15, 0.2) is 70.8 Å². The second-order valence-electron chi connectivity index (χ2n) is 4.55. The van der Waals surface area contributed by atoms with Crippen LogP contribution in [0.4, 0.5) is 5.69 Å². The Balaban J connectivity index is -0.000000266. The summed E-state index contributed by atoms with van der Waals surface area (Å²) >= 11 is 0. The summed E-state index contributed by atoms with van der Waals surface area (Å²) < 4.78 is 0. The lowest BCUT2D eigenvalue weighted by atomic mass is 10.0.